The summed E-state index contributed by atoms with van der Waals surface area (Å²) < 4.78 is 19.5. The summed E-state index contributed by atoms with van der Waals surface area (Å²) in [7, 11) is 0. The van der Waals surface area contributed by atoms with Gasteiger partial charge in [0.1, 0.15) is 6.61 Å². The minimum Gasteiger partial charge on any atom is -0.384 e. The molecule has 0 saturated carbocycles. The summed E-state index contributed by atoms with van der Waals surface area (Å²) >= 11 is 0. The lowest BCUT2D eigenvalue weighted by molar-refractivity contribution is 0.350. The number of rotatable bonds is 0. The van der Waals surface area contributed by atoms with Gasteiger partial charge in [-0.25, -0.2) is 0 Å². The van der Waals surface area contributed by atoms with E-state index in [1.807, 2.05) is 11.8 Å². The third-order valence-corrected chi connectivity index (χ3v) is 0.167. The van der Waals surface area contributed by atoms with Crippen LogP contribution in [-0.4, -0.2) is 11.7 Å². The summed E-state index contributed by atoms with van der Waals surface area (Å²) in [4.78, 5) is 0. The Bertz CT molecular complexity index is 115. The zero-order valence-corrected chi connectivity index (χ0v) is 2.65. The van der Waals surface area contributed by atoms with Gasteiger partial charge in [-0.3, -0.25) is 0 Å². The molecule has 0 aliphatic rings. The summed E-state index contributed by atoms with van der Waals surface area (Å²) in [5, 5.41) is 8.01. The summed E-state index contributed by atoms with van der Waals surface area (Å²) in [5.74, 6) is 3.90. The first-order valence-electron chi connectivity index (χ1n) is 2.67. The molecule has 0 bridgehead atoms. The van der Waals surface area contributed by atoms with Gasteiger partial charge in [0.2, 0.25) is 0 Å². The highest BCUT2D eigenvalue weighted by Crippen LogP contribution is 1.44. The molecule has 0 atom stereocenters. The Morgan fingerprint density at radius 1 is 2.20 bits per heavy atom. The molecular weight excluding hydrogens is 64.0 g/mol. The smallest absolute Gasteiger partial charge is 0.104 e. The highest BCUT2D eigenvalue weighted by Gasteiger charge is 1.48. The Balaban J connectivity index is 3.69. The minimum atomic E-state index is -2.22. The molecule has 0 aromatic heterocycles. The molecule has 0 radical (unpaired) electrons. The quantitative estimate of drug-likeness (QED) is 0.400. The van der Waals surface area contributed by atoms with E-state index < -0.39 is 13.5 Å². The minimum absolute atomic E-state index is 0.390. The molecular formula is C4H6O. The van der Waals surface area contributed by atoms with Gasteiger partial charge in [0, 0.05) is 4.11 Å². The number of aliphatic hydroxyl groups is 1. The zero-order chi connectivity index (χ0) is 6.62. The highest BCUT2D eigenvalue weighted by atomic mass is 16.2. The molecule has 0 heterocycles. The number of hydrogen-bond acceptors (Lipinski definition) is 1. The Labute approximate surface area is 35.8 Å². The van der Waals surface area contributed by atoms with Gasteiger partial charge in [-0.15, -0.1) is 5.92 Å². The van der Waals surface area contributed by atoms with Crippen LogP contribution in [0.25, 0.3) is 0 Å². The molecule has 0 rings (SSSR count). The lowest BCUT2D eigenvalue weighted by Crippen LogP contribution is -1.66. The van der Waals surface area contributed by atoms with Crippen LogP contribution in [0, 0.1) is 11.8 Å². The van der Waals surface area contributed by atoms with Gasteiger partial charge in [0.15, 0.2) is 0 Å². The second-order valence-electron chi connectivity index (χ2n) is 0.460. The standard InChI is InChI=1S/C4H6O/c1-2-3-4-5/h5H,4H2,1H3/i1D3. The Kier molecular flexibility index (Phi) is 0.927. The fourth-order valence-electron chi connectivity index (χ4n) is 0.0395. The largest absolute Gasteiger partial charge is 0.384 e. The van der Waals surface area contributed by atoms with E-state index in [4.69, 9.17) is 9.22 Å². The molecule has 0 spiro atoms. The fraction of sp³-hybridized carbons (Fsp3) is 0.500. The second-order valence-corrected chi connectivity index (χ2v) is 0.460. The van der Waals surface area contributed by atoms with E-state index in [1.54, 1.807) is 0 Å². The van der Waals surface area contributed by atoms with Crippen LogP contribution in [0.2, 0.25) is 0 Å². The molecule has 0 aliphatic heterocycles. The Morgan fingerprint density at radius 2 is 3.00 bits per heavy atom. The molecule has 5 heavy (non-hydrogen) atoms. The van der Waals surface area contributed by atoms with Gasteiger partial charge in [-0.1, -0.05) is 5.92 Å². The van der Waals surface area contributed by atoms with Crippen molar-refractivity contribution in [3.8, 4) is 11.8 Å². The van der Waals surface area contributed by atoms with Crippen LogP contribution in [0.3, 0.4) is 0 Å². The fourth-order valence-corrected chi connectivity index (χ4v) is 0.0395. The predicted octanol–water partition coefficient (Wildman–Crippen LogP) is 0.00200. The first kappa shape index (κ1) is 1.32. The molecule has 0 unspecified atom stereocenters. The van der Waals surface area contributed by atoms with Gasteiger partial charge in [0.05, 0.1) is 0 Å². The van der Waals surface area contributed by atoms with Crippen LogP contribution < -0.4 is 0 Å². The maximum absolute atomic E-state index is 8.01. The van der Waals surface area contributed by atoms with Gasteiger partial charge >= 0.3 is 0 Å². The van der Waals surface area contributed by atoms with Crippen molar-refractivity contribution in [2.45, 2.75) is 6.85 Å². The Morgan fingerprint density at radius 3 is 3.20 bits per heavy atom. The average molecular weight is 73.1 g/mol. The molecule has 0 aliphatic carbocycles. The van der Waals surface area contributed by atoms with Crippen molar-refractivity contribution in [2.75, 3.05) is 6.61 Å². The van der Waals surface area contributed by atoms with E-state index in [0.29, 0.717) is 0 Å². The third-order valence-electron chi connectivity index (χ3n) is 0.167. The molecule has 0 fully saturated rings. The summed E-state index contributed by atoms with van der Waals surface area (Å²) in [6.45, 7) is -2.61. The molecule has 0 aromatic rings. The van der Waals surface area contributed by atoms with Crippen molar-refractivity contribution < 1.29 is 9.22 Å². The maximum atomic E-state index is 8.01. The topological polar surface area (TPSA) is 20.2 Å². The summed E-state index contributed by atoms with van der Waals surface area (Å²) in [6.07, 6.45) is 0. The van der Waals surface area contributed by atoms with Crippen LogP contribution in [-0.2, 0) is 0 Å². The highest BCUT2D eigenvalue weighted by molar-refractivity contribution is 4.93. The molecule has 28 valence electrons. The lowest BCUT2D eigenvalue weighted by Gasteiger charge is -1.60. The van der Waals surface area contributed by atoms with Crippen molar-refractivity contribution in [1.29, 1.82) is 0 Å². The normalized spacial score (nSPS) is 16.6. The van der Waals surface area contributed by atoms with Gasteiger partial charge < -0.3 is 5.11 Å². The third kappa shape index (κ3) is 3.52. The zero-order valence-electron chi connectivity index (χ0n) is 5.65. The predicted molar refractivity (Wildman–Crippen MR) is 20.5 cm³/mol. The van der Waals surface area contributed by atoms with E-state index in [2.05, 4.69) is 0 Å². The van der Waals surface area contributed by atoms with Crippen LogP contribution in [0.15, 0.2) is 0 Å². The Hall–Kier alpha value is -0.480. The molecule has 1 heteroatoms. The number of hydrogen-bond donors (Lipinski definition) is 1. The monoisotopic (exact) mass is 73.1 g/mol. The average Bonchev–Trinajstić information content (AvgIpc) is 1.59. The number of aliphatic hydroxyl groups excluding tert-OH is 1. The van der Waals surface area contributed by atoms with Crippen molar-refractivity contribution in [1.82, 2.24) is 0 Å². The van der Waals surface area contributed by atoms with E-state index in [1.165, 1.54) is 0 Å². The van der Waals surface area contributed by atoms with E-state index >= 15 is 0 Å². The van der Waals surface area contributed by atoms with Crippen LogP contribution in [0.5, 0.6) is 0 Å². The van der Waals surface area contributed by atoms with E-state index in [9.17, 15) is 0 Å². The van der Waals surface area contributed by atoms with Crippen molar-refractivity contribution in [2.24, 2.45) is 0 Å². The van der Waals surface area contributed by atoms with E-state index in [-0.39, 0.29) is 0 Å². The van der Waals surface area contributed by atoms with Crippen molar-refractivity contribution in [3.05, 3.63) is 0 Å². The first-order chi connectivity index (χ1) is 3.56. The van der Waals surface area contributed by atoms with Crippen molar-refractivity contribution >= 4 is 0 Å². The first-order valence-corrected chi connectivity index (χ1v) is 1.17. The molecule has 1 nitrogen and oxygen atoms in total. The van der Waals surface area contributed by atoms with Gasteiger partial charge in [-0.05, 0) is 6.85 Å². The summed E-state index contributed by atoms with van der Waals surface area (Å²) in [6, 6.07) is 0. The van der Waals surface area contributed by atoms with Crippen molar-refractivity contribution in [3.63, 3.8) is 0 Å². The maximum Gasteiger partial charge on any atom is 0.104 e. The van der Waals surface area contributed by atoms with E-state index in [0.717, 1.165) is 0 Å². The molecule has 0 aromatic carbocycles. The molecule has 0 saturated heterocycles. The SMILES string of the molecule is [2H]C([2H])([2H])C#CCO. The summed E-state index contributed by atoms with van der Waals surface area (Å²) in [5.41, 5.74) is 0. The second kappa shape index (κ2) is 3.52. The molecule has 1 N–H and O–H groups in total. The van der Waals surface area contributed by atoms with Crippen LogP contribution in [0.1, 0.15) is 11.0 Å². The van der Waals surface area contributed by atoms with Gasteiger partial charge in [0.25, 0.3) is 0 Å². The van der Waals surface area contributed by atoms with Crippen LogP contribution >= 0.6 is 0 Å². The van der Waals surface area contributed by atoms with Crippen LogP contribution in [0.4, 0.5) is 0 Å². The van der Waals surface area contributed by atoms with Gasteiger partial charge in [-0.2, -0.15) is 0 Å². The lowest BCUT2D eigenvalue weighted by atomic mass is 10.6. The molecule has 0 amide bonds.